The molecular formula is C22H20N2O2S. The van der Waals surface area contributed by atoms with E-state index in [-0.39, 0.29) is 11.7 Å². The van der Waals surface area contributed by atoms with E-state index < -0.39 is 11.8 Å². The second kappa shape index (κ2) is 9.05. The van der Waals surface area contributed by atoms with Crippen LogP contribution in [0.2, 0.25) is 0 Å². The summed E-state index contributed by atoms with van der Waals surface area (Å²) in [6, 6.07) is 26.8. The van der Waals surface area contributed by atoms with Crippen LogP contribution in [0.5, 0.6) is 0 Å². The molecule has 3 aromatic carbocycles. The number of thioether (sulfide) groups is 1. The Morgan fingerprint density at radius 3 is 1.89 bits per heavy atom. The molecule has 3 rings (SSSR count). The van der Waals surface area contributed by atoms with Crippen molar-refractivity contribution in [2.24, 2.45) is 5.73 Å². The number of para-hydroxylation sites is 1. The Hall–Kier alpha value is -3.05. The third kappa shape index (κ3) is 4.99. The normalized spacial score (nSPS) is 10.6. The molecule has 5 heteroatoms. The molecule has 0 aromatic heterocycles. The Kier molecular flexibility index (Phi) is 6.28. The highest BCUT2D eigenvalue weighted by Crippen LogP contribution is 2.30. The molecule has 136 valence electrons. The molecular weight excluding hydrogens is 356 g/mol. The summed E-state index contributed by atoms with van der Waals surface area (Å²) in [6.45, 7) is 0. The fourth-order valence-electron chi connectivity index (χ4n) is 2.84. The first-order valence-corrected chi connectivity index (χ1v) is 9.54. The highest BCUT2D eigenvalue weighted by Gasteiger charge is 2.23. The Bertz CT molecular complexity index is 874. The van der Waals surface area contributed by atoms with Gasteiger partial charge in [0.25, 0.3) is 0 Å². The first kappa shape index (κ1) is 18.7. The van der Waals surface area contributed by atoms with E-state index in [4.69, 9.17) is 5.73 Å². The molecule has 0 unspecified atom stereocenters. The molecule has 0 radical (unpaired) electrons. The maximum atomic E-state index is 13.2. The second-order valence-corrected chi connectivity index (χ2v) is 7.01. The van der Waals surface area contributed by atoms with Crippen molar-refractivity contribution in [1.29, 1.82) is 0 Å². The number of carbonyl (C=O) groups is 2. The standard InChI is InChI=1S/C22H20N2O2S/c23-20(25)15-27-19-14-8-7-13-18(19)24-22(26)21(16-9-3-1-4-10-16)17-11-5-2-6-12-17/h1-14,21H,15H2,(H2,23,25)(H,24,26). The fraction of sp³-hybridized carbons (Fsp3) is 0.0909. The lowest BCUT2D eigenvalue weighted by Crippen LogP contribution is -2.22. The van der Waals surface area contributed by atoms with Gasteiger partial charge in [-0.15, -0.1) is 11.8 Å². The van der Waals surface area contributed by atoms with Gasteiger partial charge in [-0.1, -0.05) is 72.8 Å². The van der Waals surface area contributed by atoms with Crippen molar-refractivity contribution in [3.63, 3.8) is 0 Å². The summed E-state index contributed by atoms with van der Waals surface area (Å²) in [5.74, 6) is -0.790. The molecule has 3 N–H and O–H groups in total. The molecule has 0 heterocycles. The van der Waals surface area contributed by atoms with E-state index >= 15 is 0 Å². The molecule has 0 aliphatic rings. The lowest BCUT2D eigenvalue weighted by atomic mass is 9.90. The predicted molar refractivity (Wildman–Crippen MR) is 110 cm³/mol. The molecule has 0 aliphatic heterocycles. The van der Waals surface area contributed by atoms with Gasteiger partial charge >= 0.3 is 0 Å². The molecule has 0 bridgehead atoms. The van der Waals surface area contributed by atoms with Crippen molar-refractivity contribution in [1.82, 2.24) is 0 Å². The largest absolute Gasteiger partial charge is 0.369 e. The minimum absolute atomic E-state index is 0.125. The van der Waals surface area contributed by atoms with Gasteiger partial charge in [-0.05, 0) is 23.3 Å². The first-order valence-electron chi connectivity index (χ1n) is 8.56. The van der Waals surface area contributed by atoms with E-state index in [2.05, 4.69) is 5.32 Å². The topological polar surface area (TPSA) is 72.2 Å². The zero-order chi connectivity index (χ0) is 19.1. The van der Waals surface area contributed by atoms with Crippen LogP contribution in [-0.4, -0.2) is 17.6 Å². The van der Waals surface area contributed by atoms with Crippen LogP contribution in [0.25, 0.3) is 0 Å². The van der Waals surface area contributed by atoms with Gasteiger partial charge in [-0.25, -0.2) is 0 Å². The minimum Gasteiger partial charge on any atom is -0.369 e. The van der Waals surface area contributed by atoms with Gasteiger partial charge in [-0.3, -0.25) is 9.59 Å². The predicted octanol–water partition coefficient (Wildman–Crippen LogP) is 4.03. The molecule has 0 saturated heterocycles. The van der Waals surface area contributed by atoms with Crippen LogP contribution in [0.15, 0.2) is 89.8 Å². The highest BCUT2D eigenvalue weighted by molar-refractivity contribution is 8.00. The van der Waals surface area contributed by atoms with Gasteiger partial charge in [0.2, 0.25) is 11.8 Å². The number of nitrogens with one attached hydrogen (secondary N) is 1. The van der Waals surface area contributed by atoms with Crippen LogP contribution < -0.4 is 11.1 Å². The Balaban J connectivity index is 1.89. The van der Waals surface area contributed by atoms with Gasteiger partial charge in [-0.2, -0.15) is 0 Å². The summed E-state index contributed by atoms with van der Waals surface area (Å²) in [5.41, 5.74) is 7.76. The van der Waals surface area contributed by atoms with E-state index in [0.29, 0.717) is 5.69 Å². The second-order valence-electron chi connectivity index (χ2n) is 5.99. The summed E-state index contributed by atoms with van der Waals surface area (Å²) in [7, 11) is 0. The summed E-state index contributed by atoms with van der Waals surface area (Å²) in [4.78, 5) is 25.1. The number of primary amides is 1. The minimum atomic E-state index is -0.429. The van der Waals surface area contributed by atoms with Crippen LogP contribution in [0, 0.1) is 0 Å². The molecule has 3 aromatic rings. The smallest absolute Gasteiger partial charge is 0.236 e. The van der Waals surface area contributed by atoms with E-state index in [0.717, 1.165) is 16.0 Å². The van der Waals surface area contributed by atoms with Crippen LogP contribution in [-0.2, 0) is 9.59 Å². The first-order chi connectivity index (χ1) is 13.1. The van der Waals surface area contributed by atoms with Crippen LogP contribution in [0.3, 0.4) is 0 Å². The van der Waals surface area contributed by atoms with Gasteiger partial charge < -0.3 is 11.1 Å². The summed E-state index contributed by atoms with van der Waals surface area (Å²) < 4.78 is 0. The molecule has 0 atom stereocenters. The van der Waals surface area contributed by atoms with E-state index in [1.54, 1.807) is 0 Å². The highest BCUT2D eigenvalue weighted by atomic mass is 32.2. The Labute approximate surface area is 162 Å². The number of benzene rings is 3. The molecule has 27 heavy (non-hydrogen) atoms. The average Bonchev–Trinajstić information content (AvgIpc) is 2.69. The van der Waals surface area contributed by atoms with E-state index in [9.17, 15) is 9.59 Å². The van der Waals surface area contributed by atoms with Crippen molar-refractivity contribution in [2.75, 3.05) is 11.1 Å². The van der Waals surface area contributed by atoms with Crippen molar-refractivity contribution in [3.8, 4) is 0 Å². The Morgan fingerprint density at radius 1 is 0.815 bits per heavy atom. The summed E-state index contributed by atoms with van der Waals surface area (Å²) in [6.07, 6.45) is 0. The van der Waals surface area contributed by atoms with Crippen LogP contribution in [0.4, 0.5) is 5.69 Å². The van der Waals surface area contributed by atoms with Crippen molar-refractivity contribution >= 4 is 29.3 Å². The lowest BCUT2D eigenvalue weighted by Gasteiger charge is -2.19. The van der Waals surface area contributed by atoms with Crippen LogP contribution in [0.1, 0.15) is 17.0 Å². The third-order valence-electron chi connectivity index (χ3n) is 4.04. The zero-order valence-corrected chi connectivity index (χ0v) is 15.5. The number of anilines is 1. The summed E-state index contributed by atoms with van der Waals surface area (Å²) >= 11 is 1.31. The van der Waals surface area contributed by atoms with Crippen molar-refractivity contribution in [3.05, 3.63) is 96.1 Å². The van der Waals surface area contributed by atoms with Crippen LogP contribution >= 0.6 is 11.8 Å². The number of rotatable bonds is 7. The molecule has 0 aliphatic carbocycles. The van der Waals surface area contributed by atoms with E-state index in [1.165, 1.54) is 11.8 Å². The number of carbonyl (C=O) groups excluding carboxylic acids is 2. The molecule has 0 saturated carbocycles. The SMILES string of the molecule is NC(=O)CSc1ccccc1NC(=O)C(c1ccccc1)c1ccccc1. The van der Waals surface area contributed by atoms with Gasteiger partial charge in [0.1, 0.15) is 0 Å². The number of amides is 2. The van der Waals surface area contributed by atoms with E-state index in [1.807, 2.05) is 84.9 Å². The molecule has 4 nitrogen and oxygen atoms in total. The van der Waals surface area contributed by atoms with Crippen molar-refractivity contribution < 1.29 is 9.59 Å². The molecule has 2 amide bonds. The monoisotopic (exact) mass is 376 g/mol. The quantitative estimate of drug-likeness (QED) is 0.612. The lowest BCUT2D eigenvalue weighted by molar-refractivity contribution is -0.117. The van der Waals surface area contributed by atoms with Gasteiger partial charge in [0, 0.05) is 4.90 Å². The Morgan fingerprint density at radius 2 is 1.33 bits per heavy atom. The van der Waals surface area contributed by atoms with Crippen molar-refractivity contribution in [2.45, 2.75) is 10.8 Å². The fourth-order valence-corrected chi connectivity index (χ4v) is 3.58. The maximum Gasteiger partial charge on any atom is 0.236 e. The number of hydrogen-bond acceptors (Lipinski definition) is 3. The number of nitrogens with two attached hydrogens (primary N) is 1. The molecule has 0 fully saturated rings. The maximum absolute atomic E-state index is 13.2. The van der Waals surface area contributed by atoms with Gasteiger partial charge in [0.05, 0.1) is 17.4 Å². The third-order valence-corrected chi connectivity index (χ3v) is 5.14. The van der Waals surface area contributed by atoms with Gasteiger partial charge in [0.15, 0.2) is 0 Å². The number of hydrogen-bond donors (Lipinski definition) is 2. The molecule has 0 spiro atoms. The summed E-state index contributed by atoms with van der Waals surface area (Å²) in [5, 5.41) is 3.02. The average molecular weight is 376 g/mol. The zero-order valence-electron chi connectivity index (χ0n) is 14.7.